The molecule has 0 radical (unpaired) electrons. The van der Waals surface area contributed by atoms with Crippen molar-refractivity contribution >= 4 is 51.7 Å². The van der Waals surface area contributed by atoms with E-state index in [4.69, 9.17) is 11.6 Å². The van der Waals surface area contributed by atoms with E-state index in [1.807, 2.05) is 47.2 Å². The summed E-state index contributed by atoms with van der Waals surface area (Å²) in [6.07, 6.45) is 5.94. The summed E-state index contributed by atoms with van der Waals surface area (Å²) in [5.41, 5.74) is 4.02. The summed E-state index contributed by atoms with van der Waals surface area (Å²) in [4.78, 5) is 24.8. The Morgan fingerprint density at radius 2 is 2.07 bits per heavy atom. The van der Waals surface area contributed by atoms with E-state index in [0.29, 0.717) is 16.6 Å². The average Bonchev–Trinajstić information content (AvgIpc) is 3.34. The molecule has 1 saturated carbocycles. The van der Waals surface area contributed by atoms with Gasteiger partial charge in [0.1, 0.15) is 6.54 Å². The van der Waals surface area contributed by atoms with Crippen molar-refractivity contribution in [2.75, 3.05) is 5.32 Å². The number of halogens is 1. The molecule has 1 fully saturated rings. The fourth-order valence-corrected chi connectivity index (χ4v) is 3.81. The summed E-state index contributed by atoms with van der Waals surface area (Å²) in [6.45, 7) is 0.262. The minimum absolute atomic E-state index is 0.0149. The van der Waals surface area contributed by atoms with Crippen LogP contribution in [0.25, 0.3) is 22.6 Å². The van der Waals surface area contributed by atoms with Crippen LogP contribution in [-0.2, 0) is 16.1 Å². The number of aromatic nitrogens is 1. The molecular weight excluding hydrogens is 374 g/mol. The molecule has 2 heterocycles. The molecule has 1 aliphatic heterocycles. The second-order valence-electron chi connectivity index (χ2n) is 7.27. The van der Waals surface area contributed by atoms with Gasteiger partial charge in [0.15, 0.2) is 0 Å². The van der Waals surface area contributed by atoms with Gasteiger partial charge < -0.3 is 15.2 Å². The molecule has 0 atom stereocenters. The van der Waals surface area contributed by atoms with E-state index in [-0.39, 0.29) is 18.4 Å². The van der Waals surface area contributed by atoms with Gasteiger partial charge in [0, 0.05) is 44.9 Å². The minimum atomic E-state index is -0.152. The lowest BCUT2D eigenvalue weighted by molar-refractivity contribution is -0.121. The maximum atomic E-state index is 12.5. The van der Waals surface area contributed by atoms with E-state index in [1.165, 1.54) is 0 Å². The van der Waals surface area contributed by atoms with Crippen molar-refractivity contribution in [3.63, 3.8) is 0 Å². The Bertz CT molecular complexity index is 1160. The molecule has 6 heteroatoms. The largest absolute Gasteiger partial charge is 0.352 e. The predicted molar refractivity (Wildman–Crippen MR) is 111 cm³/mol. The van der Waals surface area contributed by atoms with Gasteiger partial charge in [-0.15, -0.1) is 0 Å². The van der Waals surface area contributed by atoms with Crippen LogP contribution in [-0.4, -0.2) is 22.4 Å². The van der Waals surface area contributed by atoms with Gasteiger partial charge in [-0.05, 0) is 37.1 Å². The van der Waals surface area contributed by atoms with E-state index < -0.39 is 0 Å². The number of anilines is 1. The first kappa shape index (κ1) is 17.1. The standard InChI is InChI=1S/C22H18ClN3O2/c23-14-5-8-17-18(22(28)25-19(17)10-14)9-13-11-26(12-21(27)24-15-6-7-15)20-4-2-1-3-16(13)20/h1-5,8-11,15H,6-7,12H2,(H,24,27)(H,25,28)/b18-9+. The van der Waals surface area contributed by atoms with Gasteiger partial charge in [-0.2, -0.15) is 0 Å². The maximum Gasteiger partial charge on any atom is 0.256 e. The number of benzene rings is 2. The van der Waals surface area contributed by atoms with Crippen LogP contribution in [0.15, 0.2) is 48.7 Å². The molecular formula is C22H18ClN3O2. The lowest BCUT2D eigenvalue weighted by Gasteiger charge is -2.05. The van der Waals surface area contributed by atoms with Crippen molar-refractivity contribution in [3.05, 3.63) is 64.8 Å². The number of rotatable bonds is 4. The number of amides is 2. The quantitative estimate of drug-likeness (QED) is 0.658. The van der Waals surface area contributed by atoms with Gasteiger partial charge in [-0.3, -0.25) is 9.59 Å². The van der Waals surface area contributed by atoms with E-state index in [9.17, 15) is 9.59 Å². The molecule has 1 aromatic heterocycles. The Morgan fingerprint density at radius 1 is 1.25 bits per heavy atom. The molecule has 0 unspecified atom stereocenters. The Kier molecular flexibility index (Phi) is 3.98. The number of hydrogen-bond donors (Lipinski definition) is 2. The van der Waals surface area contributed by atoms with Crippen LogP contribution in [0.4, 0.5) is 5.69 Å². The predicted octanol–water partition coefficient (Wildman–Crippen LogP) is 4.07. The number of para-hydroxylation sites is 1. The zero-order valence-corrected chi connectivity index (χ0v) is 15.8. The van der Waals surface area contributed by atoms with Crippen molar-refractivity contribution in [1.29, 1.82) is 0 Å². The van der Waals surface area contributed by atoms with Crippen LogP contribution >= 0.6 is 11.6 Å². The molecule has 2 amide bonds. The third-order valence-corrected chi connectivity index (χ3v) is 5.38. The average molecular weight is 392 g/mol. The van der Waals surface area contributed by atoms with E-state index in [2.05, 4.69) is 10.6 Å². The number of hydrogen-bond acceptors (Lipinski definition) is 2. The fourth-order valence-electron chi connectivity index (χ4n) is 3.64. The van der Waals surface area contributed by atoms with E-state index in [1.54, 1.807) is 12.1 Å². The summed E-state index contributed by atoms with van der Waals surface area (Å²) < 4.78 is 1.94. The highest BCUT2D eigenvalue weighted by atomic mass is 35.5. The summed E-state index contributed by atoms with van der Waals surface area (Å²) in [7, 11) is 0. The monoisotopic (exact) mass is 391 g/mol. The fraction of sp³-hybridized carbons (Fsp3) is 0.182. The molecule has 140 valence electrons. The zero-order chi connectivity index (χ0) is 19.3. The smallest absolute Gasteiger partial charge is 0.256 e. The number of carbonyl (C=O) groups excluding carboxylic acids is 2. The van der Waals surface area contributed by atoms with Crippen LogP contribution in [0.2, 0.25) is 5.02 Å². The van der Waals surface area contributed by atoms with Crippen molar-refractivity contribution in [3.8, 4) is 0 Å². The summed E-state index contributed by atoms with van der Waals surface area (Å²) in [6, 6.07) is 13.6. The second-order valence-corrected chi connectivity index (χ2v) is 7.71. The van der Waals surface area contributed by atoms with Crippen molar-refractivity contribution in [1.82, 2.24) is 9.88 Å². The topological polar surface area (TPSA) is 63.1 Å². The lowest BCUT2D eigenvalue weighted by Crippen LogP contribution is -2.29. The first-order valence-corrected chi connectivity index (χ1v) is 9.66. The van der Waals surface area contributed by atoms with Crippen LogP contribution in [0.1, 0.15) is 24.0 Å². The van der Waals surface area contributed by atoms with Crippen LogP contribution in [0.5, 0.6) is 0 Å². The summed E-state index contributed by atoms with van der Waals surface area (Å²) in [5.74, 6) is -0.137. The highest BCUT2D eigenvalue weighted by molar-refractivity contribution is 6.36. The van der Waals surface area contributed by atoms with Gasteiger partial charge in [0.25, 0.3) is 5.91 Å². The van der Waals surface area contributed by atoms with Crippen LogP contribution < -0.4 is 10.6 Å². The Labute approximate surface area is 167 Å². The van der Waals surface area contributed by atoms with Gasteiger partial charge in [-0.25, -0.2) is 0 Å². The van der Waals surface area contributed by atoms with Crippen LogP contribution in [0.3, 0.4) is 0 Å². The molecule has 1 aliphatic carbocycles. The SMILES string of the molecule is O=C(Cn1cc(/C=C2/C(=O)Nc3cc(Cl)ccc32)c2ccccc21)NC1CC1. The third-order valence-electron chi connectivity index (χ3n) is 5.14. The van der Waals surface area contributed by atoms with E-state index >= 15 is 0 Å². The summed E-state index contributed by atoms with van der Waals surface area (Å²) in [5, 5.41) is 7.47. The minimum Gasteiger partial charge on any atom is -0.352 e. The molecule has 5 rings (SSSR count). The Balaban J connectivity index is 1.55. The molecule has 0 bridgehead atoms. The first-order chi connectivity index (χ1) is 13.6. The van der Waals surface area contributed by atoms with Gasteiger partial charge in [0.05, 0.1) is 5.69 Å². The lowest BCUT2D eigenvalue weighted by atomic mass is 10.0. The third kappa shape index (κ3) is 3.08. The van der Waals surface area contributed by atoms with Crippen LogP contribution in [0, 0.1) is 0 Å². The normalized spacial score (nSPS) is 17.0. The number of fused-ring (bicyclic) bond motifs is 2. The van der Waals surface area contributed by atoms with Crippen molar-refractivity contribution in [2.24, 2.45) is 0 Å². The zero-order valence-electron chi connectivity index (χ0n) is 15.0. The molecule has 2 N–H and O–H groups in total. The van der Waals surface area contributed by atoms with Gasteiger partial charge in [0.2, 0.25) is 5.91 Å². The highest BCUT2D eigenvalue weighted by Gasteiger charge is 2.25. The summed E-state index contributed by atoms with van der Waals surface area (Å²) >= 11 is 6.04. The first-order valence-electron chi connectivity index (χ1n) is 9.29. The van der Waals surface area contributed by atoms with E-state index in [0.717, 1.165) is 40.6 Å². The highest BCUT2D eigenvalue weighted by Crippen LogP contribution is 2.36. The molecule has 28 heavy (non-hydrogen) atoms. The molecule has 0 spiro atoms. The number of carbonyl (C=O) groups is 2. The molecule has 0 saturated heterocycles. The molecule has 3 aromatic rings. The van der Waals surface area contributed by atoms with Crippen molar-refractivity contribution in [2.45, 2.75) is 25.4 Å². The Hall–Kier alpha value is -3.05. The van der Waals surface area contributed by atoms with Gasteiger partial charge in [-0.1, -0.05) is 35.9 Å². The van der Waals surface area contributed by atoms with Gasteiger partial charge >= 0.3 is 0 Å². The molecule has 2 aromatic carbocycles. The number of nitrogens with one attached hydrogen (secondary N) is 2. The molecule has 5 nitrogen and oxygen atoms in total. The Morgan fingerprint density at radius 3 is 2.89 bits per heavy atom. The second kappa shape index (κ2) is 6.53. The number of nitrogens with zero attached hydrogens (tertiary/aromatic N) is 1. The molecule has 2 aliphatic rings. The van der Waals surface area contributed by atoms with Crippen molar-refractivity contribution < 1.29 is 9.59 Å². The maximum absolute atomic E-state index is 12.5.